The third-order valence-corrected chi connectivity index (χ3v) is 3.98. The number of hydrogen-bond donors (Lipinski definition) is 2. The van der Waals surface area contributed by atoms with Gasteiger partial charge in [-0.15, -0.1) is 24.0 Å². The third kappa shape index (κ3) is 7.13. The highest BCUT2D eigenvalue weighted by atomic mass is 127. The summed E-state index contributed by atoms with van der Waals surface area (Å²) in [5.74, 6) is 1.44. The predicted molar refractivity (Wildman–Crippen MR) is 113 cm³/mol. The number of nitrogens with one attached hydrogen (secondary N) is 2. The molecule has 0 amide bonds. The van der Waals surface area contributed by atoms with E-state index in [-0.39, 0.29) is 36.3 Å². The minimum Gasteiger partial charge on any atom is -0.497 e. The number of alkyl halides is 2. The van der Waals surface area contributed by atoms with Crippen molar-refractivity contribution in [2.75, 3.05) is 20.2 Å². The van der Waals surface area contributed by atoms with Crippen LogP contribution in [0.25, 0.3) is 0 Å². The van der Waals surface area contributed by atoms with E-state index in [9.17, 15) is 8.78 Å². The fourth-order valence-corrected chi connectivity index (χ4v) is 2.57. The zero-order valence-electron chi connectivity index (χ0n) is 15.1. The van der Waals surface area contributed by atoms with Crippen LogP contribution in [0.5, 0.6) is 5.75 Å². The summed E-state index contributed by atoms with van der Waals surface area (Å²) in [6.07, 6.45) is 3.25. The van der Waals surface area contributed by atoms with Crippen molar-refractivity contribution in [1.82, 2.24) is 20.2 Å². The van der Waals surface area contributed by atoms with Crippen LogP contribution in [0.4, 0.5) is 8.78 Å². The molecule has 0 atom stereocenters. The highest BCUT2D eigenvalue weighted by Crippen LogP contribution is 2.22. The van der Waals surface area contributed by atoms with Crippen LogP contribution in [-0.2, 0) is 13.0 Å². The molecule has 0 unspecified atom stereocenters. The Kier molecular flexibility index (Phi) is 10.4. The highest BCUT2D eigenvalue weighted by molar-refractivity contribution is 14.0. The van der Waals surface area contributed by atoms with Crippen molar-refractivity contribution in [2.45, 2.75) is 26.4 Å². The van der Waals surface area contributed by atoms with Gasteiger partial charge in [-0.25, -0.2) is 9.98 Å². The molecule has 1 aromatic heterocycles. The van der Waals surface area contributed by atoms with Crippen molar-refractivity contribution < 1.29 is 13.5 Å². The fraction of sp³-hybridized carbons (Fsp3) is 0.412. The maximum absolute atomic E-state index is 12.8. The van der Waals surface area contributed by atoms with Crippen LogP contribution in [0.2, 0.25) is 5.02 Å². The van der Waals surface area contributed by atoms with Crippen LogP contribution in [0.1, 0.15) is 24.9 Å². The number of nitrogens with zero attached hydrogens (tertiary/aromatic N) is 3. The first-order chi connectivity index (χ1) is 12.5. The summed E-state index contributed by atoms with van der Waals surface area (Å²) in [6.45, 7) is 0.586. The smallest absolute Gasteiger partial charge is 0.319 e. The first-order valence-corrected chi connectivity index (χ1v) is 8.57. The zero-order chi connectivity index (χ0) is 18.9. The lowest BCUT2D eigenvalue weighted by Gasteiger charge is -2.12. The van der Waals surface area contributed by atoms with Crippen LogP contribution in [0.15, 0.2) is 35.6 Å². The maximum atomic E-state index is 12.8. The first kappa shape index (κ1) is 23.4. The molecule has 0 saturated carbocycles. The Morgan fingerprint density at radius 2 is 2.15 bits per heavy atom. The van der Waals surface area contributed by atoms with Gasteiger partial charge in [0.05, 0.1) is 7.11 Å². The zero-order valence-corrected chi connectivity index (χ0v) is 18.2. The summed E-state index contributed by atoms with van der Waals surface area (Å²) < 4.78 is 31.6. The average Bonchev–Trinajstić information content (AvgIpc) is 3.09. The fourth-order valence-electron chi connectivity index (χ4n) is 2.31. The molecule has 10 heteroatoms. The lowest BCUT2D eigenvalue weighted by Crippen LogP contribution is -2.38. The van der Waals surface area contributed by atoms with Gasteiger partial charge in [0, 0.05) is 30.5 Å². The highest BCUT2D eigenvalue weighted by Gasteiger charge is 2.11. The second kappa shape index (κ2) is 12.0. The average molecular weight is 514 g/mol. The number of halogens is 4. The van der Waals surface area contributed by atoms with Crippen molar-refractivity contribution in [3.63, 3.8) is 0 Å². The topological polar surface area (TPSA) is 63.5 Å². The molecule has 0 radical (unpaired) electrons. The van der Waals surface area contributed by atoms with E-state index >= 15 is 0 Å². The minimum atomic E-state index is -2.63. The van der Waals surface area contributed by atoms with Gasteiger partial charge in [-0.2, -0.15) is 8.78 Å². The summed E-state index contributed by atoms with van der Waals surface area (Å²) in [6, 6.07) is 5.53. The Labute approximate surface area is 179 Å². The molecule has 1 heterocycles. The molecule has 0 aliphatic rings. The number of imidazole rings is 1. The largest absolute Gasteiger partial charge is 0.497 e. The third-order valence-electron chi connectivity index (χ3n) is 3.63. The van der Waals surface area contributed by atoms with Gasteiger partial charge >= 0.3 is 6.55 Å². The van der Waals surface area contributed by atoms with Crippen LogP contribution in [-0.4, -0.2) is 35.7 Å². The first-order valence-electron chi connectivity index (χ1n) is 8.19. The molecule has 0 aliphatic heterocycles. The normalized spacial score (nSPS) is 11.3. The van der Waals surface area contributed by atoms with Gasteiger partial charge in [-0.3, -0.25) is 4.57 Å². The SMILES string of the molecule is CCNC(=NCc1nccn1C(F)F)NCCc1ccc(OC)cc1Cl.I. The lowest BCUT2D eigenvalue weighted by atomic mass is 10.1. The van der Waals surface area contributed by atoms with Crippen LogP contribution in [0.3, 0.4) is 0 Å². The summed E-state index contributed by atoms with van der Waals surface area (Å²) in [7, 11) is 1.59. The monoisotopic (exact) mass is 513 g/mol. The number of aromatic nitrogens is 2. The molecule has 0 fully saturated rings. The molecule has 2 rings (SSSR count). The van der Waals surface area contributed by atoms with Gasteiger partial charge in [0.25, 0.3) is 0 Å². The number of aliphatic imine (C=N–C) groups is 1. The van der Waals surface area contributed by atoms with Gasteiger partial charge in [-0.05, 0) is 31.0 Å². The lowest BCUT2D eigenvalue weighted by molar-refractivity contribution is 0.0671. The Hall–Kier alpha value is -1.62. The van der Waals surface area contributed by atoms with E-state index in [1.54, 1.807) is 13.2 Å². The van der Waals surface area contributed by atoms with Crippen LogP contribution in [0, 0.1) is 0 Å². The molecule has 6 nitrogen and oxygen atoms in total. The van der Waals surface area contributed by atoms with E-state index in [0.717, 1.165) is 10.1 Å². The number of guanidine groups is 1. The molecule has 150 valence electrons. The second-order valence-corrected chi connectivity index (χ2v) is 5.76. The molecule has 0 aliphatic carbocycles. The molecule has 0 spiro atoms. The molecule has 2 aromatic rings. The van der Waals surface area contributed by atoms with Gasteiger partial charge in [0.2, 0.25) is 0 Å². The summed E-state index contributed by atoms with van der Waals surface area (Å²) >= 11 is 6.22. The molecule has 0 bridgehead atoms. The second-order valence-electron chi connectivity index (χ2n) is 5.36. The molecular formula is C17H23ClF2IN5O. The van der Waals surface area contributed by atoms with Gasteiger partial charge < -0.3 is 15.4 Å². The Bertz CT molecular complexity index is 742. The molecule has 2 N–H and O–H groups in total. The van der Waals surface area contributed by atoms with Crippen molar-refractivity contribution in [1.29, 1.82) is 0 Å². The molecule has 27 heavy (non-hydrogen) atoms. The van der Waals surface area contributed by atoms with Crippen molar-refractivity contribution in [3.8, 4) is 5.75 Å². The van der Waals surface area contributed by atoms with Gasteiger partial charge in [0.1, 0.15) is 18.1 Å². The van der Waals surface area contributed by atoms with Gasteiger partial charge in [-0.1, -0.05) is 17.7 Å². The van der Waals surface area contributed by atoms with Crippen LogP contribution < -0.4 is 15.4 Å². The number of methoxy groups -OCH3 is 1. The Morgan fingerprint density at radius 3 is 2.78 bits per heavy atom. The Balaban J connectivity index is 0.00000364. The predicted octanol–water partition coefficient (Wildman–Crippen LogP) is 3.86. The quantitative estimate of drug-likeness (QED) is 0.320. The number of benzene rings is 1. The summed E-state index contributed by atoms with van der Waals surface area (Å²) in [4.78, 5) is 8.22. The molecule has 1 aromatic carbocycles. The van der Waals surface area contributed by atoms with Gasteiger partial charge in [0.15, 0.2) is 5.96 Å². The van der Waals surface area contributed by atoms with Crippen molar-refractivity contribution in [3.05, 3.63) is 47.0 Å². The maximum Gasteiger partial charge on any atom is 0.319 e. The van der Waals surface area contributed by atoms with Crippen molar-refractivity contribution in [2.24, 2.45) is 4.99 Å². The Morgan fingerprint density at radius 1 is 1.37 bits per heavy atom. The number of hydrogen-bond acceptors (Lipinski definition) is 3. The summed E-state index contributed by atoms with van der Waals surface area (Å²) in [5.41, 5.74) is 0.976. The van der Waals surface area contributed by atoms with E-state index < -0.39 is 6.55 Å². The number of rotatable bonds is 8. The van der Waals surface area contributed by atoms with Crippen LogP contribution >= 0.6 is 35.6 Å². The van der Waals surface area contributed by atoms with E-state index in [1.165, 1.54) is 12.4 Å². The summed E-state index contributed by atoms with van der Waals surface area (Å²) in [5, 5.41) is 6.87. The van der Waals surface area contributed by atoms with E-state index in [4.69, 9.17) is 16.3 Å². The molecule has 0 saturated heterocycles. The van der Waals surface area contributed by atoms with Crippen molar-refractivity contribution >= 4 is 41.5 Å². The number of ether oxygens (including phenoxy) is 1. The molecular weight excluding hydrogens is 491 g/mol. The standard InChI is InChI=1S/C17H22ClF2N5O.HI/c1-3-21-17(24-11-15-22-8-9-25(15)16(19)20)23-7-6-12-4-5-13(26-2)10-14(12)18;/h4-5,8-10,16H,3,6-7,11H2,1-2H3,(H2,21,23,24);1H. The minimum absolute atomic E-state index is 0. The van der Waals surface area contributed by atoms with E-state index in [0.29, 0.717) is 36.2 Å². The van der Waals surface area contributed by atoms with E-state index in [2.05, 4.69) is 20.6 Å². The van der Waals surface area contributed by atoms with E-state index in [1.807, 2.05) is 19.1 Å².